The lowest BCUT2D eigenvalue weighted by Crippen LogP contribution is -1.98. The number of hydrogen-bond acceptors (Lipinski definition) is 5. The molecule has 0 amide bonds. The van der Waals surface area contributed by atoms with Crippen molar-refractivity contribution in [1.82, 2.24) is 4.98 Å². The van der Waals surface area contributed by atoms with Crippen molar-refractivity contribution in [2.45, 2.75) is 23.1 Å². The molecule has 30 heavy (non-hydrogen) atoms. The first kappa shape index (κ1) is 21.9. The molecule has 0 atom stereocenters. The largest absolute Gasteiger partial charge is 0.261 e. The van der Waals surface area contributed by atoms with Gasteiger partial charge in [-0.15, -0.1) is 0 Å². The Morgan fingerprint density at radius 3 is 1.80 bits per heavy atom. The van der Waals surface area contributed by atoms with Crippen LogP contribution in [0.5, 0.6) is 0 Å². The molecule has 0 saturated carbocycles. The van der Waals surface area contributed by atoms with Gasteiger partial charge in [-0.05, 0) is 65.9 Å². The third-order valence-corrected chi connectivity index (χ3v) is 6.93. The van der Waals surface area contributed by atoms with E-state index < -0.39 is 19.7 Å². The van der Waals surface area contributed by atoms with E-state index in [4.69, 9.17) is 0 Å². The van der Waals surface area contributed by atoms with Gasteiger partial charge in [0.15, 0.2) is 19.7 Å². The van der Waals surface area contributed by atoms with Gasteiger partial charge in [-0.3, -0.25) is 4.98 Å². The molecular formula is C23H23NO4S2. The Morgan fingerprint density at radius 2 is 1.33 bits per heavy atom. The van der Waals surface area contributed by atoms with E-state index in [0.717, 1.165) is 28.0 Å². The number of rotatable bonds is 6. The molecule has 5 nitrogen and oxygen atoms in total. The monoisotopic (exact) mass is 441 g/mol. The third kappa shape index (κ3) is 5.64. The maximum atomic E-state index is 11.7. The lowest BCUT2D eigenvalue weighted by Gasteiger charge is -2.10. The summed E-state index contributed by atoms with van der Waals surface area (Å²) < 4.78 is 46.8. The van der Waals surface area contributed by atoms with Crippen molar-refractivity contribution in [3.63, 3.8) is 0 Å². The summed E-state index contributed by atoms with van der Waals surface area (Å²) in [5, 5.41) is 0. The third-order valence-electron chi connectivity index (χ3n) is 4.68. The Bertz CT molecular complexity index is 1270. The minimum Gasteiger partial charge on any atom is -0.261 e. The van der Waals surface area contributed by atoms with Gasteiger partial charge in [0.2, 0.25) is 0 Å². The van der Waals surface area contributed by atoms with E-state index in [9.17, 15) is 16.8 Å². The Balaban J connectivity index is 1.98. The molecule has 0 saturated heterocycles. The number of aromatic nitrogens is 1. The predicted molar refractivity (Wildman–Crippen MR) is 120 cm³/mol. The van der Waals surface area contributed by atoms with Crippen LogP contribution < -0.4 is 0 Å². The zero-order valence-corrected chi connectivity index (χ0v) is 18.7. The Hall–Kier alpha value is -2.77. The van der Waals surface area contributed by atoms with Crippen molar-refractivity contribution in [3.05, 3.63) is 89.2 Å². The summed E-state index contributed by atoms with van der Waals surface area (Å²) in [5.74, 6) is 0. The standard InChI is InChI=1S/C23H23NO4S2/c1-17-4-9-20(16-24-17)21(14-18-5-10-22(11-6-18)29(2,25)26)15-19-7-12-23(13-8-19)30(3,27)28/h4-14,16H,15H2,1-3H3/b21-14-. The minimum absolute atomic E-state index is 0.273. The highest BCUT2D eigenvalue weighted by Crippen LogP contribution is 2.24. The molecule has 7 heteroatoms. The normalized spacial score (nSPS) is 12.7. The second-order valence-corrected chi connectivity index (χ2v) is 11.3. The number of hydrogen-bond donors (Lipinski definition) is 0. The highest BCUT2D eigenvalue weighted by Gasteiger charge is 2.10. The second-order valence-electron chi connectivity index (χ2n) is 7.29. The van der Waals surface area contributed by atoms with Crippen molar-refractivity contribution >= 4 is 31.3 Å². The molecule has 3 aromatic rings. The minimum atomic E-state index is -3.25. The molecule has 0 aliphatic heterocycles. The van der Waals surface area contributed by atoms with Crippen LogP contribution in [0.3, 0.4) is 0 Å². The molecule has 0 spiro atoms. The number of benzene rings is 2. The Morgan fingerprint density at radius 1 is 0.800 bits per heavy atom. The molecule has 2 aromatic carbocycles. The van der Waals surface area contributed by atoms with Crippen LogP contribution in [-0.2, 0) is 26.1 Å². The SMILES string of the molecule is Cc1ccc(/C(=C\c2ccc(S(C)(=O)=O)cc2)Cc2ccc(S(C)(=O)=O)cc2)cn1. The van der Waals surface area contributed by atoms with Gasteiger partial charge in [0, 0.05) is 24.4 Å². The number of allylic oxidation sites excluding steroid dienone is 1. The van der Waals surface area contributed by atoms with Crippen LogP contribution in [-0.4, -0.2) is 34.3 Å². The van der Waals surface area contributed by atoms with E-state index in [1.807, 2.05) is 25.1 Å². The molecule has 0 unspecified atom stereocenters. The maximum Gasteiger partial charge on any atom is 0.175 e. The lowest BCUT2D eigenvalue weighted by atomic mass is 9.97. The van der Waals surface area contributed by atoms with E-state index in [1.54, 1.807) is 54.7 Å². The fourth-order valence-corrected chi connectivity index (χ4v) is 4.24. The van der Waals surface area contributed by atoms with E-state index in [1.165, 1.54) is 12.5 Å². The molecular weight excluding hydrogens is 418 g/mol. The number of aryl methyl sites for hydroxylation is 1. The first-order valence-corrected chi connectivity index (χ1v) is 13.0. The highest BCUT2D eigenvalue weighted by atomic mass is 32.2. The summed E-state index contributed by atoms with van der Waals surface area (Å²) in [6, 6.07) is 17.5. The van der Waals surface area contributed by atoms with Crippen molar-refractivity contribution in [1.29, 1.82) is 0 Å². The average molecular weight is 442 g/mol. The van der Waals surface area contributed by atoms with E-state index in [2.05, 4.69) is 4.98 Å². The van der Waals surface area contributed by atoms with E-state index in [-0.39, 0.29) is 9.79 Å². The zero-order chi connectivity index (χ0) is 21.9. The predicted octanol–water partition coefficient (Wildman–Crippen LogP) is 3.98. The first-order chi connectivity index (χ1) is 14.0. The average Bonchev–Trinajstić information content (AvgIpc) is 2.67. The quantitative estimate of drug-likeness (QED) is 0.578. The van der Waals surface area contributed by atoms with Crippen LogP contribution in [0, 0.1) is 6.92 Å². The molecule has 0 radical (unpaired) electrons. The maximum absolute atomic E-state index is 11.7. The lowest BCUT2D eigenvalue weighted by molar-refractivity contribution is 0.600. The zero-order valence-electron chi connectivity index (χ0n) is 17.0. The highest BCUT2D eigenvalue weighted by molar-refractivity contribution is 7.91. The van der Waals surface area contributed by atoms with Gasteiger partial charge in [-0.1, -0.05) is 36.4 Å². The van der Waals surface area contributed by atoms with Crippen molar-refractivity contribution in [2.24, 2.45) is 0 Å². The molecule has 3 rings (SSSR count). The van der Waals surface area contributed by atoms with Gasteiger partial charge >= 0.3 is 0 Å². The molecule has 1 aromatic heterocycles. The topological polar surface area (TPSA) is 81.2 Å². The number of nitrogens with zero attached hydrogens (tertiary/aromatic N) is 1. The van der Waals surface area contributed by atoms with Crippen LogP contribution in [0.25, 0.3) is 11.6 Å². The summed E-state index contributed by atoms with van der Waals surface area (Å²) in [7, 11) is -6.49. The molecule has 0 aliphatic rings. The Labute approximate surface area is 178 Å². The van der Waals surface area contributed by atoms with Gasteiger partial charge in [0.05, 0.1) is 9.79 Å². The van der Waals surface area contributed by atoms with Crippen LogP contribution in [0.1, 0.15) is 22.4 Å². The van der Waals surface area contributed by atoms with Crippen LogP contribution in [0.4, 0.5) is 0 Å². The fraction of sp³-hybridized carbons (Fsp3) is 0.174. The molecule has 0 bridgehead atoms. The summed E-state index contributed by atoms with van der Waals surface area (Å²) in [5.41, 5.74) is 4.67. The van der Waals surface area contributed by atoms with Crippen molar-refractivity contribution in [3.8, 4) is 0 Å². The number of pyridine rings is 1. The van der Waals surface area contributed by atoms with Crippen LogP contribution in [0.15, 0.2) is 76.7 Å². The molecule has 0 fully saturated rings. The molecule has 156 valence electrons. The first-order valence-electron chi connectivity index (χ1n) is 9.25. The van der Waals surface area contributed by atoms with Crippen LogP contribution >= 0.6 is 0 Å². The summed E-state index contributed by atoms with van der Waals surface area (Å²) in [4.78, 5) is 4.93. The fourth-order valence-electron chi connectivity index (χ4n) is 2.98. The summed E-state index contributed by atoms with van der Waals surface area (Å²) in [6.45, 7) is 1.92. The second kappa shape index (κ2) is 8.53. The molecule has 1 heterocycles. The van der Waals surface area contributed by atoms with Crippen molar-refractivity contribution in [2.75, 3.05) is 12.5 Å². The summed E-state index contributed by atoms with van der Waals surface area (Å²) >= 11 is 0. The molecule has 0 N–H and O–H groups in total. The smallest absolute Gasteiger partial charge is 0.175 e. The Kier molecular flexibility index (Phi) is 6.24. The van der Waals surface area contributed by atoms with Gasteiger partial charge < -0.3 is 0 Å². The van der Waals surface area contributed by atoms with Gasteiger partial charge in [0.25, 0.3) is 0 Å². The van der Waals surface area contributed by atoms with Crippen molar-refractivity contribution < 1.29 is 16.8 Å². The van der Waals surface area contributed by atoms with Crippen LogP contribution in [0.2, 0.25) is 0 Å². The molecule has 0 aliphatic carbocycles. The van der Waals surface area contributed by atoms with E-state index in [0.29, 0.717) is 6.42 Å². The van der Waals surface area contributed by atoms with Gasteiger partial charge in [0.1, 0.15) is 0 Å². The number of sulfone groups is 2. The van der Waals surface area contributed by atoms with Gasteiger partial charge in [-0.25, -0.2) is 16.8 Å². The van der Waals surface area contributed by atoms with Gasteiger partial charge in [-0.2, -0.15) is 0 Å². The van der Waals surface area contributed by atoms with E-state index >= 15 is 0 Å². The summed E-state index contributed by atoms with van der Waals surface area (Å²) in [6.07, 6.45) is 6.73.